The zero-order chi connectivity index (χ0) is 15.5. The number of halogens is 3. The van der Waals surface area contributed by atoms with E-state index in [1.807, 2.05) is 0 Å². The molecule has 0 aliphatic carbocycles. The quantitative estimate of drug-likeness (QED) is 0.378. The summed E-state index contributed by atoms with van der Waals surface area (Å²) < 4.78 is 38.5. The molecule has 0 atom stereocenters. The first-order chi connectivity index (χ1) is 9.93. The van der Waals surface area contributed by atoms with Crippen LogP contribution in [0.3, 0.4) is 0 Å². The van der Waals surface area contributed by atoms with Crippen molar-refractivity contribution in [3.63, 3.8) is 0 Å². The first-order valence-corrected chi connectivity index (χ1v) is 7.48. The van der Waals surface area contributed by atoms with Gasteiger partial charge in [-0.3, -0.25) is 0 Å². The van der Waals surface area contributed by atoms with Gasteiger partial charge in [-0.2, -0.15) is 24.9 Å². The lowest BCUT2D eigenvalue weighted by molar-refractivity contribution is -0.141. The highest BCUT2D eigenvalue weighted by Crippen LogP contribution is 2.31. The smallest absolute Gasteiger partial charge is 0.409 e. The second-order valence-corrected chi connectivity index (χ2v) is 5.73. The van der Waals surface area contributed by atoms with Crippen molar-refractivity contribution in [3.05, 3.63) is 23.4 Å². The monoisotopic (exact) mass is 320 g/mol. The van der Waals surface area contributed by atoms with Crippen molar-refractivity contribution in [1.82, 2.24) is 4.98 Å². The number of thioether (sulfide) groups is 1. The van der Waals surface area contributed by atoms with Crippen LogP contribution in [0.5, 0.6) is 0 Å². The Morgan fingerprint density at radius 3 is 2.76 bits per heavy atom. The van der Waals surface area contributed by atoms with Gasteiger partial charge >= 0.3 is 6.18 Å². The third-order valence-electron chi connectivity index (χ3n) is 3.07. The number of alkyl halides is 3. The molecule has 3 N–H and O–H groups in total. The van der Waals surface area contributed by atoms with Crippen LogP contribution in [0, 0.1) is 0 Å². The van der Waals surface area contributed by atoms with Crippen molar-refractivity contribution in [1.29, 1.82) is 0 Å². The van der Waals surface area contributed by atoms with E-state index >= 15 is 0 Å². The predicted octanol–water partition coefficient (Wildman–Crippen LogP) is 2.14. The maximum absolute atomic E-state index is 12.8. The first kappa shape index (κ1) is 15.7. The minimum Gasteiger partial charge on any atom is -0.409 e. The Balaban J connectivity index is 2.47. The summed E-state index contributed by atoms with van der Waals surface area (Å²) in [6, 6.07) is 2.03. The topological polar surface area (TPSA) is 74.7 Å². The molecule has 1 aromatic heterocycles. The van der Waals surface area contributed by atoms with Gasteiger partial charge in [0, 0.05) is 18.8 Å². The van der Waals surface area contributed by atoms with Gasteiger partial charge < -0.3 is 15.8 Å². The number of anilines is 1. The average Bonchev–Trinajstić information content (AvgIpc) is 2.74. The van der Waals surface area contributed by atoms with Crippen molar-refractivity contribution >= 4 is 23.4 Å². The summed E-state index contributed by atoms with van der Waals surface area (Å²) in [5.41, 5.74) is 4.77. The Labute approximate surface area is 124 Å². The summed E-state index contributed by atoms with van der Waals surface area (Å²) in [6.45, 7) is 1.16. The largest absolute Gasteiger partial charge is 0.433 e. The summed E-state index contributed by atoms with van der Waals surface area (Å²) >= 11 is 1.74. The van der Waals surface area contributed by atoms with Gasteiger partial charge in [0.15, 0.2) is 5.84 Å². The number of oxime groups is 1. The third-order valence-corrected chi connectivity index (χ3v) is 4.12. The molecule has 1 aliphatic rings. The van der Waals surface area contributed by atoms with Crippen LogP contribution in [0.25, 0.3) is 0 Å². The summed E-state index contributed by atoms with van der Waals surface area (Å²) in [5, 5.41) is 11.7. The molecular formula is C12H15F3N4OS. The fourth-order valence-electron chi connectivity index (χ4n) is 2.06. The lowest BCUT2D eigenvalue weighted by Gasteiger charge is -2.24. The molecule has 0 saturated carbocycles. The Hall–Kier alpha value is -1.64. The zero-order valence-electron chi connectivity index (χ0n) is 11.1. The number of pyridine rings is 1. The second kappa shape index (κ2) is 6.42. The predicted molar refractivity (Wildman–Crippen MR) is 75.9 cm³/mol. The minimum atomic E-state index is -4.53. The van der Waals surface area contributed by atoms with Gasteiger partial charge in [-0.15, -0.1) is 0 Å². The number of nitrogens with zero attached hydrogens (tertiary/aromatic N) is 3. The molecule has 116 valence electrons. The van der Waals surface area contributed by atoms with Crippen molar-refractivity contribution in [2.75, 3.05) is 29.5 Å². The van der Waals surface area contributed by atoms with E-state index in [0.717, 1.165) is 24.0 Å². The molecule has 5 nitrogen and oxygen atoms in total. The van der Waals surface area contributed by atoms with Crippen LogP contribution in [-0.2, 0) is 6.18 Å². The Morgan fingerprint density at radius 1 is 1.33 bits per heavy atom. The van der Waals surface area contributed by atoms with Crippen molar-refractivity contribution < 1.29 is 18.4 Å². The van der Waals surface area contributed by atoms with Crippen LogP contribution in [0.1, 0.15) is 17.7 Å². The fourth-order valence-corrected chi connectivity index (χ4v) is 2.95. The van der Waals surface area contributed by atoms with Crippen LogP contribution in [-0.4, -0.2) is 40.6 Å². The van der Waals surface area contributed by atoms with Crippen molar-refractivity contribution in [2.45, 2.75) is 12.6 Å². The molecule has 9 heteroatoms. The number of rotatable bonds is 2. The average molecular weight is 320 g/mol. The van der Waals surface area contributed by atoms with E-state index in [2.05, 4.69) is 10.1 Å². The Morgan fingerprint density at radius 2 is 2.10 bits per heavy atom. The molecule has 2 heterocycles. The molecule has 1 saturated heterocycles. The lowest BCUT2D eigenvalue weighted by atomic mass is 10.2. The fraction of sp³-hybridized carbons (Fsp3) is 0.500. The minimum absolute atomic E-state index is 0.114. The van der Waals surface area contributed by atoms with Crippen LogP contribution < -0.4 is 10.6 Å². The first-order valence-electron chi connectivity index (χ1n) is 6.32. The van der Waals surface area contributed by atoms with E-state index < -0.39 is 11.9 Å². The summed E-state index contributed by atoms with van der Waals surface area (Å²) in [7, 11) is 0. The highest BCUT2D eigenvalue weighted by molar-refractivity contribution is 7.99. The summed E-state index contributed by atoms with van der Waals surface area (Å²) in [6.07, 6.45) is -3.68. The lowest BCUT2D eigenvalue weighted by Crippen LogP contribution is -2.30. The van der Waals surface area contributed by atoms with Gasteiger partial charge in [0.25, 0.3) is 0 Å². The SMILES string of the molecule is NC(=NO)c1ccc(C(F)(F)F)nc1N1CCCSCC1. The molecule has 0 unspecified atom stereocenters. The molecule has 0 spiro atoms. The van der Waals surface area contributed by atoms with Crippen LogP contribution in [0.2, 0.25) is 0 Å². The molecule has 1 aliphatic heterocycles. The van der Waals surface area contributed by atoms with Crippen molar-refractivity contribution in [2.24, 2.45) is 10.9 Å². The van der Waals surface area contributed by atoms with Crippen LogP contribution in [0.4, 0.5) is 19.0 Å². The van der Waals surface area contributed by atoms with E-state index in [9.17, 15) is 13.2 Å². The highest BCUT2D eigenvalue weighted by atomic mass is 32.2. The molecule has 2 rings (SSSR count). The zero-order valence-corrected chi connectivity index (χ0v) is 11.9. The number of aromatic nitrogens is 1. The standard InChI is InChI=1S/C12H15F3N4OS/c13-12(14,15)9-3-2-8(10(16)18-20)11(17-9)19-4-1-6-21-7-5-19/h2-3,20H,1,4-7H2,(H2,16,18). The molecule has 0 amide bonds. The molecule has 1 fully saturated rings. The van der Waals surface area contributed by atoms with Crippen LogP contribution >= 0.6 is 11.8 Å². The molecule has 0 aromatic carbocycles. The number of nitrogens with two attached hydrogens (primary N) is 1. The number of hydrogen-bond acceptors (Lipinski definition) is 5. The molecule has 0 radical (unpaired) electrons. The number of hydrogen-bond donors (Lipinski definition) is 2. The van der Waals surface area contributed by atoms with Gasteiger partial charge in [0.05, 0.1) is 5.56 Å². The van der Waals surface area contributed by atoms with Crippen molar-refractivity contribution in [3.8, 4) is 0 Å². The highest BCUT2D eigenvalue weighted by Gasteiger charge is 2.34. The van der Waals surface area contributed by atoms with Crippen LogP contribution in [0.15, 0.2) is 17.3 Å². The van der Waals surface area contributed by atoms with Gasteiger partial charge in [-0.1, -0.05) is 5.16 Å². The van der Waals surface area contributed by atoms with E-state index in [0.29, 0.717) is 13.1 Å². The van der Waals surface area contributed by atoms with Gasteiger partial charge in [-0.05, 0) is 24.3 Å². The normalized spacial score (nSPS) is 17.7. The van der Waals surface area contributed by atoms with Gasteiger partial charge in [0.1, 0.15) is 11.5 Å². The number of amidine groups is 1. The molecular weight excluding hydrogens is 305 g/mol. The molecule has 1 aromatic rings. The van der Waals surface area contributed by atoms with Gasteiger partial charge in [0.2, 0.25) is 0 Å². The van der Waals surface area contributed by atoms with E-state index in [-0.39, 0.29) is 17.2 Å². The summed E-state index contributed by atoms with van der Waals surface area (Å²) in [5.74, 6) is 1.62. The van der Waals surface area contributed by atoms with E-state index in [1.165, 1.54) is 6.07 Å². The maximum Gasteiger partial charge on any atom is 0.433 e. The molecule has 0 bridgehead atoms. The van der Waals surface area contributed by atoms with E-state index in [1.54, 1.807) is 16.7 Å². The third kappa shape index (κ3) is 3.72. The van der Waals surface area contributed by atoms with E-state index in [4.69, 9.17) is 10.9 Å². The second-order valence-electron chi connectivity index (χ2n) is 4.50. The summed E-state index contributed by atoms with van der Waals surface area (Å²) in [4.78, 5) is 5.45. The maximum atomic E-state index is 12.8. The molecule has 21 heavy (non-hydrogen) atoms. The Kier molecular flexibility index (Phi) is 4.81. The Bertz CT molecular complexity index is 528. The van der Waals surface area contributed by atoms with Gasteiger partial charge in [-0.25, -0.2) is 4.98 Å².